The number of hydrogen-bond acceptors (Lipinski definition) is 3. The van der Waals surface area contributed by atoms with Crippen LogP contribution in [0.2, 0.25) is 10.0 Å². The predicted octanol–water partition coefficient (Wildman–Crippen LogP) is 2.11. The van der Waals surface area contributed by atoms with E-state index in [1.165, 1.54) is 6.08 Å². The summed E-state index contributed by atoms with van der Waals surface area (Å²) in [6.07, 6.45) is 3.18. The van der Waals surface area contributed by atoms with E-state index in [2.05, 4.69) is 10.9 Å². The molecule has 21 heavy (non-hydrogen) atoms. The maximum absolute atomic E-state index is 11.5. The fourth-order valence-corrected chi connectivity index (χ4v) is 1.66. The Balaban J connectivity index is 2.41. The van der Waals surface area contributed by atoms with Gasteiger partial charge in [-0.2, -0.15) is 0 Å². The van der Waals surface area contributed by atoms with Gasteiger partial charge in [0, 0.05) is 19.0 Å². The van der Waals surface area contributed by atoms with Gasteiger partial charge in [-0.1, -0.05) is 29.3 Å². The van der Waals surface area contributed by atoms with Crippen LogP contribution in [0, 0.1) is 0 Å². The molecule has 0 aromatic heterocycles. The first kappa shape index (κ1) is 17.5. The number of halogens is 2. The molecule has 0 heterocycles. The zero-order valence-electron chi connectivity index (χ0n) is 11.8. The first-order valence-corrected chi connectivity index (χ1v) is 7.01. The Morgan fingerprint density at radius 2 is 1.90 bits per heavy atom. The summed E-state index contributed by atoms with van der Waals surface area (Å²) in [5.74, 6) is -0.681. The molecule has 0 unspecified atom stereocenters. The molecule has 0 saturated heterocycles. The van der Waals surface area contributed by atoms with Crippen LogP contribution in [0.5, 0.6) is 0 Å². The van der Waals surface area contributed by atoms with E-state index < -0.39 is 5.91 Å². The lowest BCUT2D eigenvalue weighted by atomic mass is 10.2. The van der Waals surface area contributed by atoms with Gasteiger partial charge in [0.25, 0.3) is 5.91 Å². The van der Waals surface area contributed by atoms with E-state index in [-0.39, 0.29) is 5.91 Å². The van der Waals surface area contributed by atoms with Crippen molar-refractivity contribution < 1.29 is 9.59 Å². The molecular formula is C14H17Cl2N3O2. The first-order chi connectivity index (χ1) is 9.88. The Morgan fingerprint density at radius 3 is 2.52 bits per heavy atom. The standard InChI is InChI=1S/C14H17Cl2N3O2/c1-19(2)8-7-14(21)18-17-13(20)6-4-10-3-5-11(15)12(16)9-10/h3-6,9H,7-8H2,1-2H3,(H,17,20)(H,18,21)/b6-4+. The van der Waals surface area contributed by atoms with Gasteiger partial charge in [-0.25, -0.2) is 0 Å². The lowest BCUT2D eigenvalue weighted by Crippen LogP contribution is -2.41. The summed E-state index contributed by atoms with van der Waals surface area (Å²) in [5, 5.41) is 0.864. The Bertz CT molecular complexity index is 545. The maximum Gasteiger partial charge on any atom is 0.262 e. The summed E-state index contributed by atoms with van der Waals surface area (Å²) >= 11 is 11.7. The molecule has 1 aromatic carbocycles. The minimum atomic E-state index is -0.431. The number of rotatable bonds is 5. The highest BCUT2D eigenvalue weighted by molar-refractivity contribution is 6.42. The molecule has 5 nitrogen and oxygen atoms in total. The van der Waals surface area contributed by atoms with Gasteiger partial charge in [0.2, 0.25) is 5.91 Å². The summed E-state index contributed by atoms with van der Waals surface area (Å²) in [6, 6.07) is 5.02. The minimum absolute atomic E-state index is 0.250. The molecule has 0 fully saturated rings. The molecule has 114 valence electrons. The van der Waals surface area contributed by atoms with Crippen molar-refractivity contribution in [2.24, 2.45) is 0 Å². The van der Waals surface area contributed by atoms with Crippen LogP contribution in [0.1, 0.15) is 12.0 Å². The normalized spacial score (nSPS) is 10.9. The van der Waals surface area contributed by atoms with Crippen molar-refractivity contribution in [2.45, 2.75) is 6.42 Å². The highest BCUT2D eigenvalue weighted by Gasteiger charge is 2.03. The maximum atomic E-state index is 11.5. The zero-order chi connectivity index (χ0) is 15.8. The molecule has 0 aliphatic heterocycles. The van der Waals surface area contributed by atoms with E-state index in [1.807, 2.05) is 19.0 Å². The Kier molecular flexibility index (Phi) is 7.22. The first-order valence-electron chi connectivity index (χ1n) is 6.25. The molecule has 0 aliphatic rings. The van der Waals surface area contributed by atoms with Gasteiger partial charge in [0.1, 0.15) is 0 Å². The molecule has 0 radical (unpaired) electrons. The molecular weight excluding hydrogens is 313 g/mol. The SMILES string of the molecule is CN(C)CCC(=O)NNC(=O)/C=C/c1ccc(Cl)c(Cl)c1. The second-order valence-electron chi connectivity index (χ2n) is 4.60. The van der Waals surface area contributed by atoms with E-state index in [1.54, 1.807) is 24.3 Å². The molecule has 1 aromatic rings. The molecule has 2 N–H and O–H groups in total. The van der Waals surface area contributed by atoms with E-state index in [4.69, 9.17) is 23.2 Å². The van der Waals surface area contributed by atoms with Crippen molar-refractivity contribution in [3.63, 3.8) is 0 Å². The second kappa shape index (κ2) is 8.67. The Labute approximate surface area is 133 Å². The number of amides is 2. The summed E-state index contributed by atoms with van der Waals surface area (Å²) in [4.78, 5) is 24.8. The number of hydrazine groups is 1. The molecule has 0 bridgehead atoms. The van der Waals surface area contributed by atoms with Crippen molar-refractivity contribution in [2.75, 3.05) is 20.6 Å². The minimum Gasteiger partial charge on any atom is -0.309 e. The van der Waals surface area contributed by atoms with Crippen LogP contribution in [-0.4, -0.2) is 37.4 Å². The zero-order valence-corrected chi connectivity index (χ0v) is 13.3. The third-order valence-corrected chi connectivity index (χ3v) is 3.22. The summed E-state index contributed by atoms with van der Waals surface area (Å²) < 4.78 is 0. The van der Waals surface area contributed by atoms with E-state index in [0.29, 0.717) is 23.0 Å². The van der Waals surface area contributed by atoms with Crippen LogP contribution in [0.3, 0.4) is 0 Å². The molecule has 0 aliphatic carbocycles. The largest absolute Gasteiger partial charge is 0.309 e. The van der Waals surface area contributed by atoms with Gasteiger partial charge in [0.05, 0.1) is 10.0 Å². The van der Waals surface area contributed by atoms with Gasteiger partial charge < -0.3 is 4.90 Å². The fraction of sp³-hybridized carbons (Fsp3) is 0.286. The summed E-state index contributed by atoms with van der Waals surface area (Å²) in [7, 11) is 3.73. The summed E-state index contributed by atoms with van der Waals surface area (Å²) in [6.45, 7) is 0.612. The fourth-order valence-electron chi connectivity index (χ4n) is 1.35. The van der Waals surface area contributed by atoms with Crippen molar-refractivity contribution in [3.8, 4) is 0 Å². The molecule has 2 amide bonds. The van der Waals surface area contributed by atoms with Crippen molar-refractivity contribution in [1.82, 2.24) is 15.8 Å². The Hall–Kier alpha value is -1.56. The predicted molar refractivity (Wildman–Crippen MR) is 85.0 cm³/mol. The number of carbonyl (C=O) groups is 2. The van der Waals surface area contributed by atoms with Crippen LogP contribution in [-0.2, 0) is 9.59 Å². The molecule has 1 rings (SSSR count). The van der Waals surface area contributed by atoms with Crippen LogP contribution < -0.4 is 10.9 Å². The van der Waals surface area contributed by atoms with Gasteiger partial charge in [0.15, 0.2) is 0 Å². The highest BCUT2D eigenvalue weighted by atomic mass is 35.5. The van der Waals surface area contributed by atoms with Crippen molar-refractivity contribution in [3.05, 3.63) is 39.9 Å². The molecule has 0 spiro atoms. The quantitative estimate of drug-likeness (QED) is 0.642. The van der Waals surface area contributed by atoms with Gasteiger partial charge in [-0.05, 0) is 37.9 Å². The lowest BCUT2D eigenvalue weighted by molar-refractivity contribution is -0.126. The van der Waals surface area contributed by atoms with Gasteiger partial charge >= 0.3 is 0 Å². The average Bonchev–Trinajstić information content (AvgIpc) is 2.44. The van der Waals surface area contributed by atoms with Crippen LogP contribution in [0.15, 0.2) is 24.3 Å². The van der Waals surface area contributed by atoms with Crippen molar-refractivity contribution in [1.29, 1.82) is 0 Å². The van der Waals surface area contributed by atoms with Crippen molar-refractivity contribution >= 4 is 41.1 Å². The van der Waals surface area contributed by atoms with E-state index in [9.17, 15) is 9.59 Å². The summed E-state index contributed by atoms with van der Waals surface area (Å²) in [5.41, 5.74) is 5.37. The third-order valence-electron chi connectivity index (χ3n) is 2.48. The average molecular weight is 330 g/mol. The Morgan fingerprint density at radius 1 is 1.19 bits per heavy atom. The number of nitrogens with zero attached hydrogens (tertiary/aromatic N) is 1. The lowest BCUT2D eigenvalue weighted by Gasteiger charge is -2.09. The monoisotopic (exact) mass is 329 g/mol. The number of nitrogens with one attached hydrogen (secondary N) is 2. The second-order valence-corrected chi connectivity index (χ2v) is 5.41. The topological polar surface area (TPSA) is 61.4 Å². The molecule has 7 heteroatoms. The number of hydrogen-bond donors (Lipinski definition) is 2. The van der Waals surface area contributed by atoms with Crippen LogP contribution >= 0.6 is 23.2 Å². The van der Waals surface area contributed by atoms with Gasteiger partial charge in [-0.15, -0.1) is 0 Å². The van der Waals surface area contributed by atoms with E-state index in [0.717, 1.165) is 5.56 Å². The highest BCUT2D eigenvalue weighted by Crippen LogP contribution is 2.22. The third kappa shape index (κ3) is 7.13. The van der Waals surface area contributed by atoms with Gasteiger partial charge in [-0.3, -0.25) is 20.4 Å². The van der Waals surface area contributed by atoms with Crippen LogP contribution in [0.4, 0.5) is 0 Å². The number of benzene rings is 1. The molecule has 0 saturated carbocycles. The molecule has 0 atom stereocenters. The van der Waals surface area contributed by atoms with E-state index >= 15 is 0 Å². The smallest absolute Gasteiger partial charge is 0.262 e. The van der Waals surface area contributed by atoms with Crippen LogP contribution in [0.25, 0.3) is 6.08 Å². The number of carbonyl (C=O) groups excluding carboxylic acids is 2.